The molecular formula is C14H22N4. The number of nitrogens with zero attached hydrogens (tertiary/aromatic N) is 3. The lowest BCUT2D eigenvalue weighted by molar-refractivity contribution is 0.408. The largest absolute Gasteiger partial charge is 0.358 e. The molecule has 1 aliphatic carbocycles. The average Bonchev–Trinajstić information content (AvgIpc) is 2.80. The van der Waals surface area contributed by atoms with Crippen molar-refractivity contribution in [1.82, 2.24) is 15.5 Å². The highest BCUT2D eigenvalue weighted by molar-refractivity contribution is 5.36. The van der Waals surface area contributed by atoms with Crippen LogP contribution in [0.5, 0.6) is 0 Å². The summed E-state index contributed by atoms with van der Waals surface area (Å²) in [4.78, 5) is 2.23. The highest BCUT2D eigenvalue weighted by atomic mass is 15.2. The Morgan fingerprint density at radius 3 is 2.72 bits per heavy atom. The molecule has 2 aliphatic rings. The fourth-order valence-electron chi connectivity index (χ4n) is 2.81. The second-order valence-electron chi connectivity index (χ2n) is 5.68. The van der Waals surface area contributed by atoms with Gasteiger partial charge in [0.1, 0.15) is 0 Å². The summed E-state index contributed by atoms with van der Waals surface area (Å²) in [5.41, 5.74) is 1.18. The van der Waals surface area contributed by atoms with E-state index in [9.17, 15) is 0 Å². The molecule has 18 heavy (non-hydrogen) atoms. The van der Waals surface area contributed by atoms with Crippen molar-refractivity contribution in [2.45, 2.75) is 31.6 Å². The first-order valence-electron chi connectivity index (χ1n) is 7.08. The number of nitrogens with one attached hydrogen (secondary N) is 1. The van der Waals surface area contributed by atoms with Crippen LogP contribution in [0.4, 0.5) is 5.82 Å². The normalized spacial score (nSPS) is 23.9. The lowest BCUT2D eigenvalue weighted by atomic mass is 9.83. The van der Waals surface area contributed by atoms with Gasteiger partial charge in [0.25, 0.3) is 0 Å². The molecule has 98 valence electrons. The van der Waals surface area contributed by atoms with Crippen molar-refractivity contribution >= 4 is 5.82 Å². The summed E-state index contributed by atoms with van der Waals surface area (Å²) in [6, 6.07) is 4.29. The number of rotatable bonds is 4. The molecule has 3 rings (SSSR count). The molecule has 4 heteroatoms. The van der Waals surface area contributed by atoms with Crippen LogP contribution in [-0.4, -0.2) is 36.9 Å². The van der Waals surface area contributed by atoms with Crippen molar-refractivity contribution < 1.29 is 0 Å². The number of hydrogen-bond acceptors (Lipinski definition) is 4. The molecule has 1 aromatic rings. The van der Waals surface area contributed by atoms with E-state index in [4.69, 9.17) is 0 Å². The Bertz CT molecular complexity index is 379. The van der Waals surface area contributed by atoms with Gasteiger partial charge in [-0.15, -0.1) is 5.10 Å². The Morgan fingerprint density at radius 1 is 1.28 bits per heavy atom. The summed E-state index contributed by atoms with van der Waals surface area (Å²) >= 11 is 0. The van der Waals surface area contributed by atoms with Gasteiger partial charge in [0.05, 0.1) is 5.69 Å². The molecule has 1 unspecified atom stereocenters. The zero-order valence-corrected chi connectivity index (χ0v) is 11.1. The molecule has 1 aromatic heterocycles. The Hall–Kier alpha value is -1.16. The maximum Gasteiger partial charge on any atom is 0.150 e. The van der Waals surface area contributed by atoms with E-state index in [0.29, 0.717) is 5.92 Å². The Balaban J connectivity index is 1.60. The predicted octanol–water partition coefficient (Wildman–Crippen LogP) is 1.79. The second kappa shape index (κ2) is 5.22. The van der Waals surface area contributed by atoms with Crippen molar-refractivity contribution in [3.8, 4) is 0 Å². The summed E-state index contributed by atoms with van der Waals surface area (Å²) in [7, 11) is 2.12. The van der Waals surface area contributed by atoms with Crippen molar-refractivity contribution in [3.05, 3.63) is 17.8 Å². The van der Waals surface area contributed by atoms with Crippen molar-refractivity contribution in [2.24, 2.45) is 5.92 Å². The van der Waals surface area contributed by atoms with E-state index in [1.807, 2.05) is 0 Å². The van der Waals surface area contributed by atoms with Crippen molar-refractivity contribution in [2.75, 3.05) is 31.6 Å². The van der Waals surface area contributed by atoms with E-state index in [1.165, 1.54) is 31.4 Å². The van der Waals surface area contributed by atoms with Gasteiger partial charge in [-0.05, 0) is 50.4 Å². The molecule has 2 fully saturated rings. The summed E-state index contributed by atoms with van der Waals surface area (Å²) < 4.78 is 0. The fraction of sp³-hybridized carbons (Fsp3) is 0.714. The molecule has 0 spiro atoms. The molecule has 1 aliphatic heterocycles. The monoisotopic (exact) mass is 246 g/mol. The summed E-state index contributed by atoms with van der Waals surface area (Å²) in [6.07, 6.45) is 5.20. The molecule has 0 radical (unpaired) electrons. The van der Waals surface area contributed by atoms with Crippen LogP contribution in [-0.2, 0) is 0 Å². The van der Waals surface area contributed by atoms with Gasteiger partial charge in [0.15, 0.2) is 5.82 Å². The van der Waals surface area contributed by atoms with Crippen molar-refractivity contribution in [1.29, 1.82) is 0 Å². The van der Waals surface area contributed by atoms with E-state index in [1.54, 1.807) is 0 Å². The Labute approximate surface area is 109 Å². The molecule has 2 heterocycles. The number of anilines is 1. The second-order valence-corrected chi connectivity index (χ2v) is 5.68. The van der Waals surface area contributed by atoms with Gasteiger partial charge < -0.3 is 10.2 Å². The third-order valence-electron chi connectivity index (χ3n) is 4.28. The highest BCUT2D eigenvalue weighted by Crippen LogP contribution is 2.35. The Kier molecular flexibility index (Phi) is 3.46. The number of hydrogen-bond donors (Lipinski definition) is 1. The number of aromatic nitrogens is 2. The maximum absolute atomic E-state index is 4.39. The van der Waals surface area contributed by atoms with Gasteiger partial charge in [-0.1, -0.05) is 6.42 Å². The first kappa shape index (κ1) is 11.9. The van der Waals surface area contributed by atoms with Gasteiger partial charge in [0.2, 0.25) is 0 Å². The van der Waals surface area contributed by atoms with Crippen LogP contribution in [0.2, 0.25) is 0 Å². The van der Waals surface area contributed by atoms with Crippen LogP contribution < -0.4 is 10.2 Å². The molecule has 1 atom stereocenters. The first-order chi connectivity index (χ1) is 8.83. The maximum atomic E-state index is 4.39. The van der Waals surface area contributed by atoms with E-state index < -0.39 is 0 Å². The molecule has 4 nitrogen and oxygen atoms in total. The van der Waals surface area contributed by atoms with Gasteiger partial charge in [0, 0.05) is 19.5 Å². The minimum atomic E-state index is 0.677. The van der Waals surface area contributed by atoms with Crippen LogP contribution >= 0.6 is 0 Å². The minimum Gasteiger partial charge on any atom is -0.358 e. The van der Waals surface area contributed by atoms with Crippen LogP contribution in [0.3, 0.4) is 0 Å². The fourth-order valence-corrected chi connectivity index (χ4v) is 2.81. The standard InChI is InChI=1S/C14H22N4/c1-18(10-11-7-8-15-9-11)14-6-5-13(16-17-14)12-3-2-4-12/h5-6,11-12,15H,2-4,7-10H2,1H3. The lowest BCUT2D eigenvalue weighted by Gasteiger charge is -2.25. The van der Waals surface area contributed by atoms with Crippen LogP contribution in [0.15, 0.2) is 12.1 Å². The van der Waals surface area contributed by atoms with Crippen LogP contribution in [0.1, 0.15) is 37.3 Å². The molecule has 0 aromatic carbocycles. The first-order valence-corrected chi connectivity index (χ1v) is 7.08. The van der Waals surface area contributed by atoms with E-state index >= 15 is 0 Å². The van der Waals surface area contributed by atoms with Gasteiger partial charge in [-0.25, -0.2) is 0 Å². The Morgan fingerprint density at radius 2 is 2.17 bits per heavy atom. The van der Waals surface area contributed by atoms with Gasteiger partial charge >= 0.3 is 0 Å². The van der Waals surface area contributed by atoms with Crippen LogP contribution in [0, 0.1) is 5.92 Å². The van der Waals surface area contributed by atoms with Gasteiger partial charge in [-0.3, -0.25) is 0 Å². The molecule has 1 saturated carbocycles. The zero-order valence-electron chi connectivity index (χ0n) is 11.1. The van der Waals surface area contributed by atoms with Crippen molar-refractivity contribution in [3.63, 3.8) is 0 Å². The molecule has 0 amide bonds. The lowest BCUT2D eigenvalue weighted by Crippen LogP contribution is -2.27. The van der Waals surface area contributed by atoms with Crippen LogP contribution in [0.25, 0.3) is 0 Å². The highest BCUT2D eigenvalue weighted by Gasteiger charge is 2.22. The third-order valence-corrected chi connectivity index (χ3v) is 4.28. The quantitative estimate of drug-likeness (QED) is 0.879. The van der Waals surface area contributed by atoms with E-state index in [-0.39, 0.29) is 0 Å². The van der Waals surface area contributed by atoms with E-state index in [0.717, 1.165) is 31.4 Å². The molecule has 0 bridgehead atoms. The molecular weight excluding hydrogens is 224 g/mol. The summed E-state index contributed by atoms with van der Waals surface area (Å²) in [5, 5.41) is 12.2. The SMILES string of the molecule is CN(CC1CCNC1)c1ccc(C2CCC2)nn1. The summed E-state index contributed by atoms with van der Waals surface area (Å²) in [6.45, 7) is 3.37. The predicted molar refractivity (Wildman–Crippen MR) is 72.9 cm³/mol. The topological polar surface area (TPSA) is 41.0 Å². The smallest absolute Gasteiger partial charge is 0.150 e. The van der Waals surface area contributed by atoms with Gasteiger partial charge in [-0.2, -0.15) is 5.10 Å². The summed E-state index contributed by atoms with van der Waals surface area (Å²) in [5.74, 6) is 2.43. The molecule has 1 saturated heterocycles. The zero-order chi connectivity index (χ0) is 12.4. The third kappa shape index (κ3) is 2.48. The van der Waals surface area contributed by atoms with E-state index in [2.05, 4.69) is 39.6 Å². The minimum absolute atomic E-state index is 0.677. The average molecular weight is 246 g/mol. The molecule has 1 N–H and O–H groups in total.